The van der Waals surface area contributed by atoms with Crippen LogP contribution in [0.4, 0.5) is 5.69 Å². The molecule has 0 atom stereocenters. The lowest BCUT2D eigenvalue weighted by molar-refractivity contribution is 0.288. The van der Waals surface area contributed by atoms with E-state index in [1.54, 1.807) is 6.20 Å². The van der Waals surface area contributed by atoms with Crippen LogP contribution in [0.2, 0.25) is 0 Å². The predicted molar refractivity (Wildman–Crippen MR) is 74.3 cm³/mol. The summed E-state index contributed by atoms with van der Waals surface area (Å²) >= 11 is 0. The molecule has 0 saturated carbocycles. The van der Waals surface area contributed by atoms with Crippen molar-refractivity contribution >= 4 is 5.69 Å². The number of pyridine rings is 1. The van der Waals surface area contributed by atoms with Crippen molar-refractivity contribution in [1.29, 1.82) is 0 Å². The summed E-state index contributed by atoms with van der Waals surface area (Å²) in [6, 6.07) is 2.10. The number of piperazine rings is 1. The highest BCUT2D eigenvalue weighted by molar-refractivity contribution is 5.48. The zero-order valence-electron chi connectivity index (χ0n) is 11.4. The highest BCUT2D eigenvalue weighted by atomic mass is 16.5. The van der Waals surface area contributed by atoms with E-state index in [1.807, 2.05) is 6.20 Å². The van der Waals surface area contributed by atoms with Crippen LogP contribution in [0.5, 0.6) is 5.75 Å². The van der Waals surface area contributed by atoms with Crippen LogP contribution in [0.1, 0.15) is 20.3 Å². The molecule has 4 nitrogen and oxygen atoms in total. The molecule has 0 spiro atoms. The maximum atomic E-state index is 5.74. The van der Waals surface area contributed by atoms with Gasteiger partial charge in [-0.25, -0.2) is 0 Å². The van der Waals surface area contributed by atoms with Crippen LogP contribution in [0.3, 0.4) is 0 Å². The molecule has 1 aromatic heterocycles. The van der Waals surface area contributed by atoms with Gasteiger partial charge in [0.1, 0.15) is 5.75 Å². The van der Waals surface area contributed by atoms with Crippen LogP contribution in [0.15, 0.2) is 18.5 Å². The van der Waals surface area contributed by atoms with Gasteiger partial charge in [0.15, 0.2) is 0 Å². The Labute approximate surface area is 109 Å². The van der Waals surface area contributed by atoms with E-state index in [0.29, 0.717) is 5.92 Å². The van der Waals surface area contributed by atoms with Crippen LogP contribution in [0.25, 0.3) is 0 Å². The minimum Gasteiger partial charge on any atom is -0.492 e. The fourth-order valence-corrected chi connectivity index (χ4v) is 1.99. The van der Waals surface area contributed by atoms with Gasteiger partial charge in [-0.1, -0.05) is 13.8 Å². The summed E-state index contributed by atoms with van der Waals surface area (Å²) in [6.45, 7) is 9.34. The van der Waals surface area contributed by atoms with E-state index in [4.69, 9.17) is 4.74 Å². The Bertz CT molecular complexity index is 362. The first-order chi connectivity index (χ1) is 8.75. The topological polar surface area (TPSA) is 37.4 Å². The van der Waals surface area contributed by atoms with Crippen LogP contribution in [0, 0.1) is 5.92 Å². The first-order valence-corrected chi connectivity index (χ1v) is 6.79. The molecule has 0 aliphatic carbocycles. The molecular weight excluding hydrogens is 226 g/mol. The van der Waals surface area contributed by atoms with Gasteiger partial charge in [-0.3, -0.25) is 4.98 Å². The summed E-state index contributed by atoms with van der Waals surface area (Å²) in [5.41, 5.74) is 1.17. The fraction of sp³-hybridized carbons (Fsp3) is 0.643. The van der Waals surface area contributed by atoms with E-state index in [9.17, 15) is 0 Å². The number of rotatable bonds is 5. The van der Waals surface area contributed by atoms with Gasteiger partial charge in [-0.15, -0.1) is 0 Å². The first kappa shape index (κ1) is 13.1. The minimum atomic E-state index is 0.675. The Kier molecular flexibility index (Phi) is 4.81. The average molecular weight is 249 g/mol. The summed E-state index contributed by atoms with van der Waals surface area (Å²) in [4.78, 5) is 6.62. The Morgan fingerprint density at radius 1 is 1.33 bits per heavy atom. The molecule has 0 amide bonds. The van der Waals surface area contributed by atoms with E-state index in [0.717, 1.165) is 45.0 Å². The normalized spacial score (nSPS) is 16.1. The number of nitrogens with one attached hydrogen (secondary N) is 1. The second-order valence-electron chi connectivity index (χ2n) is 5.15. The summed E-state index contributed by atoms with van der Waals surface area (Å²) in [5.74, 6) is 1.56. The first-order valence-electron chi connectivity index (χ1n) is 6.79. The lowest BCUT2D eigenvalue weighted by Crippen LogP contribution is -2.43. The molecular formula is C14H23N3O. The Morgan fingerprint density at radius 2 is 2.11 bits per heavy atom. The molecule has 0 radical (unpaired) electrons. The molecule has 0 bridgehead atoms. The molecule has 0 unspecified atom stereocenters. The highest BCUT2D eigenvalue weighted by Gasteiger charge is 2.11. The van der Waals surface area contributed by atoms with Crippen molar-refractivity contribution in [3.05, 3.63) is 18.5 Å². The van der Waals surface area contributed by atoms with Gasteiger partial charge in [0.05, 0.1) is 24.7 Å². The molecule has 0 aromatic carbocycles. The van der Waals surface area contributed by atoms with Gasteiger partial charge in [0.25, 0.3) is 0 Å². The van der Waals surface area contributed by atoms with Crippen molar-refractivity contribution in [2.75, 3.05) is 37.7 Å². The number of ether oxygens (including phenoxy) is 1. The Morgan fingerprint density at radius 3 is 2.83 bits per heavy atom. The molecule has 1 N–H and O–H groups in total. The van der Waals surface area contributed by atoms with Crippen LogP contribution >= 0.6 is 0 Å². The summed E-state index contributed by atoms with van der Waals surface area (Å²) in [7, 11) is 0. The molecule has 1 aromatic rings. The van der Waals surface area contributed by atoms with Crippen LogP contribution in [-0.2, 0) is 0 Å². The minimum absolute atomic E-state index is 0.675. The van der Waals surface area contributed by atoms with Crippen LogP contribution < -0.4 is 15.0 Å². The molecule has 1 aliphatic rings. The summed E-state index contributed by atoms with van der Waals surface area (Å²) in [5, 5.41) is 3.35. The van der Waals surface area contributed by atoms with Gasteiger partial charge in [0.2, 0.25) is 0 Å². The number of hydrogen-bond acceptors (Lipinski definition) is 4. The zero-order chi connectivity index (χ0) is 12.8. The predicted octanol–water partition coefficient (Wildman–Crippen LogP) is 1.92. The number of nitrogens with zero attached hydrogens (tertiary/aromatic N) is 2. The number of anilines is 1. The Balaban J connectivity index is 1.91. The molecule has 2 heterocycles. The molecule has 18 heavy (non-hydrogen) atoms. The largest absolute Gasteiger partial charge is 0.492 e. The Hall–Kier alpha value is -1.29. The average Bonchev–Trinajstić information content (AvgIpc) is 2.40. The van der Waals surface area contributed by atoms with Gasteiger partial charge in [0, 0.05) is 32.2 Å². The fourth-order valence-electron chi connectivity index (χ4n) is 1.99. The lowest BCUT2D eigenvalue weighted by Gasteiger charge is -2.29. The molecule has 1 fully saturated rings. The monoisotopic (exact) mass is 249 g/mol. The van der Waals surface area contributed by atoms with Crippen molar-refractivity contribution in [2.45, 2.75) is 20.3 Å². The van der Waals surface area contributed by atoms with Crippen molar-refractivity contribution in [3.63, 3.8) is 0 Å². The lowest BCUT2D eigenvalue weighted by atomic mass is 10.1. The number of hydrogen-bond donors (Lipinski definition) is 1. The van der Waals surface area contributed by atoms with Gasteiger partial charge in [-0.05, 0) is 12.3 Å². The van der Waals surface area contributed by atoms with E-state index in [-0.39, 0.29) is 0 Å². The highest BCUT2D eigenvalue weighted by Crippen LogP contribution is 2.20. The third-order valence-electron chi connectivity index (χ3n) is 3.14. The second-order valence-corrected chi connectivity index (χ2v) is 5.15. The SMILES string of the molecule is CC(C)CCOc1cncc(N2CCNCC2)c1. The maximum absolute atomic E-state index is 5.74. The summed E-state index contributed by atoms with van der Waals surface area (Å²) in [6.07, 6.45) is 4.80. The van der Waals surface area contributed by atoms with Gasteiger partial charge >= 0.3 is 0 Å². The quantitative estimate of drug-likeness (QED) is 0.865. The number of aromatic nitrogens is 1. The van der Waals surface area contributed by atoms with E-state index >= 15 is 0 Å². The third-order valence-corrected chi connectivity index (χ3v) is 3.14. The molecule has 1 aliphatic heterocycles. The third kappa shape index (κ3) is 3.88. The standard InChI is InChI=1S/C14H23N3O/c1-12(2)3-8-18-14-9-13(10-16-11-14)17-6-4-15-5-7-17/h9-12,15H,3-8H2,1-2H3. The molecule has 4 heteroatoms. The van der Waals surface area contributed by atoms with Crippen molar-refractivity contribution in [2.24, 2.45) is 5.92 Å². The zero-order valence-corrected chi connectivity index (χ0v) is 11.4. The van der Waals surface area contributed by atoms with Crippen molar-refractivity contribution < 1.29 is 4.74 Å². The maximum Gasteiger partial charge on any atom is 0.139 e. The van der Waals surface area contributed by atoms with Crippen molar-refractivity contribution in [1.82, 2.24) is 10.3 Å². The van der Waals surface area contributed by atoms with E-state index < -0.39 is 0 Å². The second kappa shape index (κ2) is 6.59. The van der Waals surface area contributed by atoms with E-state index in [1.165, 1.54) is 5.69 Å². The van der Waals surface area contributed by atoms with Gasteiger partial charge in [-0.2, -0.15) is 0 Å². The summed E-state index contributed by atoms with van der Waals surface area (Å²) < 4.78 is 5.74. The smallest absolute Gasteiger partial charge is 0.139 e. The van der Waals surface area contributed by atoms with Crippen molar-refractivity contribution in [3.8, 4) is 5.75 Å². The molecule has 2 rings (SSSR count). The van der Waals surface area contributed by atoms with Gasteiger partial charge < -0.3 is 15.0 Å². The van der Waals surface area contributed by atoms with Crippen LogP contribution in [-0.4, -0.2) is 37.8 Å². The molecule has 100 valence electrons. The van der Waals surface area contributed by atoms with E-state index in [2.05, 4.69) is 35.1 Å². The molecule has 1 saturated heterocycles.